The maximum Gasteiger partial charge on any atom is 0.144 e. The third kappa shape index (κ3) is 5.86. The van der Waals surface area contributed by atoms with Gasteiger partial charge in [0.2, 0.25) is 0 Å². The summed E-state index contributed by atoms with van der Waals surface area (Å²) in [5.74, 6) is 1.22. The third-order valence-electron chi connectivity index (χ3n) is 14.4. The van der Waals surface area contributed by atoms with E-state index in [1.54, 1.807) is 0 Å². The molecule has 0 radical (unpaired) electrons. The van der Waals surface area contributed by atoms with Crippen LogP contribution in [0, 0.1) is 0 Å². The van der Waals surface area contributed by atoms with E-state index in [1.807, 2.05) is 0 Å². The van der Waals surface area contributed by atoms with Crippen molar-refractivity contribution in [3.63, 3.8) is 0 Å². The van der Waals surface area contributed by atoms with Crippen molar-refractivity contribution in [1.29, 1.82) is 0 Å². The molecule has 0 aliphatic rings. The lowest BCUT2D eigenvalue weighted by atomic mass is 9.60. The fourth-order valence-corrected chi connectivity index (χ4v) is 9.99. The highest BCUT2D eigenvalue weighted by Crippen LogP contribution is 2.45. The largest absolute Gasteiger partial charge is 0.508 e. The van der Waals surface area contributed by atoms with Crippen LogP contribution in [0.25, 0.3) is 83.0 Å². The van der Waals surface area contributed by atoms with Crippen molar-refractivity contribution in [3.05, 3.63) is 103 Å². The summed E-state index contributed by atoms with van der Waals surface area (Å²) in [6.07, 6.45) is 0. The van der Waals surface area contributed by atoms with Gasteiger partial charge >= 0.3 is 0 Å². The number of hydrogen-bond acceptors (Lipinski definition) is 2. The van der Waals surface area contributed by atoms with E-state index in [1.165, 1.54) is 60.0 Å². The molecule has 1 heterocycles. The van der Waals surface area contributed by atoms with E-state index in [0.717, 1.165) is 88.6 Å². The summed E-state index contributed by atoms with van der Waals surface area (Å²) < 4.78 is 2.40. The number of benzene rings is 8. The van der Waals surface area contributed by atoms with Crippen LogP contribution in [0.2, 0.25) is 0 Å². The summed E-state index contributed by atoms with van der Waals surface area (Å²) in [5, 5.41) is 17.2. The van der Waals surface area contributed by atoms with Crippen molar-refractivity contribution in [3.8, 4) is 56.2 Å². The number of phenolic OH excluding ortho intramolecular Hbond substituents is 1. The SMILES string of the molecule is Bc1c(B)c(B)c(-c2nc3ccccc3n2-c2c3c(B)c(B)c(B)c(B)c3c(-c3cc(-c4ccccc4)cc(-c4ccccc4)c3)c3c(B)c(B)c(B)c(O)c23)c(B)c1B. The topological polar surface area (TPSA) is 38.0 Å². The van der Waals surface area contributed by atoms with Crippen molar-refractivity contribution in [2.45, 2.75) is 0 Å². The van der Waals surface area contributed by atoms with Gasteiger partial charge in [-0.1, -0.05) is 111 Å². The number of nitrogens with zero attached hydrogens (tertiary/aromatic N) is 2. The number of aromatic hydroxyl groups is 1. The molecule has 0 saturated heterocycles. The monoisotopic (exact) mass is 758 g/mol. The molecule has 0 amide bonds. The normalized spacial score (nSPS) is 11.5. The number of phenols is 1. The van der Waals surface area contributed by atoms with E-state index in [4.69, 9.17) is 4.98 Å². The molecule has 0 aliphatic heterocycles. The van der Waals surface area contributed by atoms with Gasteiger partial charge in [0.25, 0.3) is 0 Å². The highest BCUT2D eigenvalue weighted by molar-refractivity contribution is 6.70. The maximum atomic E-state index is 13.0. The smallest absolute Gasteiger partial charge is 0.144 e. The molecule has 15 heteroatoms. The van der Waals surface area contributed by atoms with Gasteiger partial charge < -0.3 is 5.11 Å². The first kappa shape index (κ1) is 39.8. The van der Waals surface area contributed by atoms with Gasteiger partial charge in [-0.25, -0.2) is 4.98 Å². The highest BCUT2D eigenvalue weighted by atomic mass is 16.3. The van der Waals surface area contributed by atoms with Crippen LogP contribution in [0.5, 0.6) is 5.75 Å². The Labute approximate surface area is 364 Å². The van der Waals surface area contributed by atoms with E-state index < -0.39 is 0 Å². The Bertz CT molecular complexity index is 3130. The van der Waals surface area contributed by atoms with Crippen molar-refractivity contribution in [1.82, 2.24) is 9.55 Å². The van der Waals surface area contributed by atoms with Gasteiger partial charge in [0, 0.05) is 10.9 Å². The lowest BCUT2D eigenvalue weighted by Crippen LogP contribution is -2.55. The molecule has 0 unspecified atom stereocenters. The van der Waals surface area contributed by atoms with Crippen LogP contribution in [0.4, 0.5) is 0 Å². The Morgan fingerprint density at radius 2 is 0.783 bits per heavy atom. The molecule has 0 spiro atoms. The van der Waals surface area contributed by atoms with Gasteiger partial charge in [0.05, 0.1) is 16.7 Å². The Morgan fingerprint density at radius 3 is 1.33 bits per heavy atom. The summed E-state index contributed by atoms with van der Waals surface area (Å²) in [7, 11) is 26.8. The molecule has 9 rings (SSSR count). The molecule has 1 aromatic heterocycles. The molecule has 60 heavy (non-hydrogen) atoms. The van der Waals surface area contributed by atoms with E-state index in [-0.39, 0.29) is 0 Å². The number of imidazole rings is 1. The summed E-state index contributed by atoms with van der Waals surface area (Å²) in [5.41, 5.74) is 25.5. The molecular weight excluding hydrogens is 714 g/mol. The Hall–Kier alpha value is -5.67. The average Bonchev–Trinajstić information content (AvgIpc) is 3.65. The zero-order valence-electron chi connectivity index (χ0n) is 37.2. The number of hydrogen-bond donors (Lipinski definition) is 1. The van der Waals surface area contributed by atoms with Gasteiger partial charge in [-0.15, -0.1) is 27.3 Å². The lowest BCUT2D eigenvalue weighted by molar-refractivity contribution is 0.486. The van der Waals surface area contributed by atoms with Crippen molar-refractivity contribution >= 4 is 192 Å². The van der Waals surface area contributed by atoms with E-state index in [2.05, 4.69) is 202 Å². The molecule has 9 aromatic rings. The fraction of sp³-hybridized carbons (Fsp3) is 0. The minimum Gasteiger partial charge on any atom is -0.508 e. The minimum atomic E-state index is 0.317. The van der Waals surface area contributed by atoms with Crippen molar-refractivity contribution in [2.75, 3.05) is 0 Å². The zero-order valence-corrected chi connectivity index (χ0v) is 37.2. The van der Waals surface area contributed by atoms with Gasteiger partial charge in [-0.2, -0.15) is 0 Å². The summed E-state index contributed by atoms with van der Waals surface area (Å²) >= 11 is 0. The fourth-order valence-electron chi connectivity index (χ4n) is 9.99. The van der Waals surface area contributed by atoms with Crippen LogP contribution < -0.4 is 65.6 Å². The number of para-hydroxylation sites is 2. The molecule has 0 atom stereocenters. The van der Waals surface area contributed by atoms with E-state index in [0.29, 0.717) is 5.75 Å². The Morgan fingerprint density at radius 1 is 0.367 bits per heavy atom. The predicted molar refractivity (Wildman–Crippen MR) is 298 cm³/mol. The zero-order chi connectivity index (χ0) is 42.5. The number of rotatable bonds is 5. The number of aromatic nitrogens is 2. The molecule has 0 fully saturated rings. The second kappa shape index (κ2) is 14.8. The molecule has 0 aliphatic carbocycles. The van der Waals surface area contributed by atoms with Crippen LogP contribution in [0.15, 0.2) is 103 Å². The van der Waals surface area contributed by atoms with Crippen molar-refractivity contribution in [2.24, 2.45) is 0 Å². The van der Waals surface area contributed by atoms with Gasteiger partial charge in [0.1, 0.15) is 106 Å². The quantitative estimate of drug-likeness (QED) is 0.140. The first-order chi connectivity index (χ1) is 28.7. The van der Waals surface area contributed by atoms with Crippen LogP contribution >= 0.6 is 0 Å². The summed E-state index contributed by atoms with van der Waals surface area (Å²) in [6, 6.07) is 37.0. The van der Waals surface area contributed by atoms with E-state index >= 15 is 0 Å². The summed E-state index contributed by atoms with van der Waals surface area (Å²) in [6.45, 7) is 0. The molecule has 274 valence electrons. The first-order valence-electron chi connectivity index (χ1n) is 21.2. The third-order valence-corrected chi connectivity index (χ3v) is 14.4. The second-order valence-electron chi connectivity index (χ2n) is 17.2. The van der Waals surface area contributed by atoms with Crippen LogP contribution in [-0.2, 0) is 0 Å². The molecular formula is C45H42B12N2O. The van der Waals surface area contributed by atoms with Crippen LogP contribution in [-0.4, -0.2) is 109 Å². The van der Waals surface area contributed by atoms with Crippen LogP contribution in [0.3, 0.4) is 0 Å². The van der Waals surface area contributed by atoms with Gasteiger partial charge in [-0.3, -0.25) is 4.57 Å². The van der Waals surface area contributed by atoms with E-state index in [9.17, 15) is 5.11 Å². The second-order valence-corrected chi connectivity index (χ2v) is 17.2. The van der Waals surface area contributed by atoms with Crippen molar-refractivity contribution < 1.29 is 5.11 Å². The maximum absolute atomic E-state index is 13.0. The Kier molecular flexibility index (Phi) is 9.81. The highest BCUT2D eigenvalue weighted by Gasteiger charge is 2.30. The van der Waals surface area contributed by atoms with Gasteiger partial charge in [0.15, 0.2) is 0 Å². The first-order valence-corrected chi connectivity index (χ1v) is 21.2. The minimum absolute atomic E-state index is 0.317. The Balaban J connectivity index is 1.58. The van der Waals surface area contributed by atoms with Crippen LogP contribution in [0.1, 0.15) is 0 Å². The average molecular weight is 757 g/mol. The molecule has 0 saturated carbocycles. The molecule has 0 bridgehead atoms. The number of fused-ring (bicyclic) bond motifs is 3. The lowest BCUT2D eigenvalue weighted by Gasteiger charge is -2.29. The standard InChI is InChI=1S/C45H42B12N2O/c46-31-26-25(22-16-20(18-9-3-1-4-10-18)15-21(17-22)19-11-5-2-6-12-19)27-29(44(60)42(57)40(55)32(27)47)43(28(26)33(48)37(52)36(31)51)59-24-14-8-7-13-23(24)58-45(59)30-34(49)38(53)41(56)39(54)35(30)50/h1-17,60H,46-57H2. The van der Waals surface area contributed by atoms with Gasteiger partial charge in [-0.05, 0) is 79.9 Å². The molecule has 8 aromatic carbocycles. The molecule has 1 N–H and O–H groups in total. The predicted octanol–water partition coefficient (Wildman–Crippen LogP) is -9.19. The summed E-state index contributed by atoms with van der Waals surface area (Å²) in [4.78, 5) is 5.54. The molecule has 3 nitrogen and oxygen atoms in total.